The first kappa shape index (κ1) is 31.3. The number of nitrogens with one attached hydrogen (secondary N) is 1. The second-order valence-corrected chi connectivity index (χ2v) is 10.8. The van der Waals surface area contributed by atoms with Gasteiger partial charge in [0.25, 0.3) is 5.69 Å². The molecule has 1 N–H and O–H groups in total. The first-order valence-corrected chi connectivity index (χ1v) is 14.8. The number of nitrogens with zero attached hydrogens (tertiary/aromatic N) is 4. The minimum absolute atomic E-state index is 0.0867. The molecule has 3 heterocycles. The van der Waals surface area contributed by atoms with E-state index in [0.717, 1.165) is 23.3 Å². The van der Waals surface area contributed by atoms with Crippen molar-refractivity contribution >= 4 is 40.4 Å². The van der Waals surface area contributed by atoms with Gasteiger partial charge in [-0.25, -0.2) is 10.4 Å². The van der Waals surface area contributed by atoms with Crippen LogP contribution in [0.4, 0.5) is 5.69 Å². The molecule has 0 atom stereocenters. The van der Waals surface area contributed by atoms with Crippen molar-refractivity contribution in [1.82, 2.24) is 15.0 Å². The summed E-state index contributed by atoms with van der Waals surface area (Å²) in [6, 6.07) is 21.3. The second kappa shape index (κ2) is 14.1. The average molecular weight is 722 g/mol. The van der Waals surface area contributed by atoms with Crippen LogP contribution in [0.25, 0.3) is 5.69 Å². The molecule has 0 fully saturated rings. The smallest absolute Gasteiger partial charge is 0.307 e. The summed E-state index contributed by atoms with van der Waals surface area (Å²) in [5, 5.41) is 14.9. The molecular formula is C32H28IN5O7. The number of hydrogen-bond acceptors (Lipinski definition) is 9. The summed E-state index contributed by atoms with van der Waals surface area (Å²) < 4.78 is 25.9. The van der Waals surface area contributed by atoms with Crippen molar-refractivity contribution in [2.45, 2.75) is 27.4 Å². The zero-order valence-electron chi connectivity index (χ0n) is 24.5. The minimum Gasteiger partial charge on any atom is -0.490 e. The first-order chi connectivity index (χ1) is 21.7. The van der Waals surface area contributed by atoms with Gasteiger partial charge >= 0.3 is 5.91 Å². The SMILES string of the molecule is CCOc1cc(/C=N/NC(=O)c2ccc(COc3ccc(-n4c(C)ccc4C)cc3)o2)cc(I)c1Oc1ccc([N+](=O)[O-])cn1. The number of rotatable bonds is 12. The van der Waals surface area contributed by atoms with Gasteiger partial charge < -0.3 is 23.2 Å². The summed E-state index contributed by atoms with van der Waals surface area (Å²) in [5.74, 6) is 1.71. The van der Waals surface area contributed by atoms with Crippen molar-refractivity contribution in [3.8, 4) is 28.8 Å². The molecule has 2 aromatic carbocycles. The van der Waals surface area contributed by atoms with Crippen LogP contribution in [0.2, 0.25) is 0 Å². The number of furan rings is 1. The monoisotopic (exact) mass is 721 g/mol. The molecule has 12 nitrogen and oxygen atoms in total. The maximum absolute atomic E-state index is 12.6. The summed E-state index contributed by atoms with van der Waals surface area (Å²) in [7, 11) is 0. The van der Waals surface area contributed by atoms with E-state index >= 15 is 0 Å². The number of pyridine rings is 1. The van der Waals surface area contributed by atoms with Crippen LogP contribution in [0.3, 0.4) is 0 Å². The standard InChI is InChI=1S/C32H28IN5O7/c1-4-42-29-16-22(15-27(33)31(29)45-30-14-9-24(18-34-30)38(40)41)17-35-36-32(39)28-13-12-26(44-28)19-43-25-10-7-23(8-11-25)37-20(2)5-6-21(37)3/h5-18H,4,19H2,1-3H3,(H,36,39)/b35-17+. The minimum atomic E-state index is -0.536. The van der Waals surface area contributed by atoms with E-state index in [4.69, 9.17) is 18.6 Å². The summed E-state index contributed by atoms with van der Waals surface area (Å²) >= 11 is 2.07. The lowest BCUT2D eigenvalue weighted by Crippen LogP contribution is -2.16. The molecule has 3 aromatic heterocycles. The highest BCUT2D eigenvalue weighted by molar-refractivity contribution is 14.1. The van der Waals surface area contributed by atoms with Gasteiger partial charge in [0.1, 0.15) is 24.3 Å². The van der Waals surface area contributed by atoms with Crippen LogP contribution in [0.15, 0.2) is 88.5 Å². The average Bonchev–Trinajstić information content (AvgIpc) is 3.64. The van der Waals surface area contributed by atoms with Crippen LogP contribution in [0.5, 0.6) is 23.1 Å². The summed E-state index contributed by atoms with van der Waals surface area (Å²) in [5.41, 5.74) is 6.30. The van der Waals surface area contributed by atoms with Crippen LogP contribution in [0, 0.1) is 27.5 Å². The Balaban J connectivity index is 1.17. The van der Waals surface area contributed by atoms with Crippen molar-refractivity contribution in [2.75, 3.05) is 6.61 Å². The van der Waals surface area contributed by atoms with Crippen LogP contribution >= 0.6 is 22.6 Å². The Hall–Kier alpha value is -5.18. The van der Waals surface area contributed by atoms with E-state index in [2.05, 4.69) is 68.6 Å². The van der Waals surface area contributed by atoms with Gasteiger partial charge in [-0.15, -0.1) is 0 Å². The van der Waals surface area contributed by atoms with E-state index in [-0.39, 0.29) is 23.9 Å². The number of benzene rings is 2. The molecule has 0 bridgehead atoms. The molecule has 5 rings (SSSR count). The quantitative estimate of drug-likeness (QED) is 0.0621. The molecule has 0 unspecified atom stereocenters. The molecule has 230 valence electrons. The van der Waals surface area contributed by atoms with E-state index in [0.29, 0.717) is 38.7 Å². The van der Waals surface area contributed by atoms with Gasteiger partial charge in [-0.3, -0.25) is 14.9 Å². The van der Waals surface area contributed by atoms with Gasteiger partial charge in [0, 0.05) is 29.2 Å². The number of aryl methyl sites for hydroxylation is 2. The number of nitro groups is 1. The fourth-order valence-electron chi connectivity index (χ4n) is 4.39. The number of carbonyl (C=O) groups is 1. The van der Waals surface area contributed by atoms with E-state index < -0.39 is 10.8 Å². The highest BCUT2D eigenvalue weighted by Gasteiger charge is 2.16. The van der Waals surface area contributed by atoms with Gasteiger partial charge in [0.15, 0.2) is 17.3 Å². The maximum Gasteiger partial charge on any atom is 0.307 e. The number of halogens is 1. The van der Waals surface area contributed by atoms with Crippen molar-refractivity contribution in [2.24, 2.45) is 5.10 Å². The summed E-state index contributed by atoms with van der Waals surface area (Å²) in [6.07, 6.45) is 2.58. The van der Waals surface area contributed by atoms with Crippen LogP contribution in [0.1, 0.15) is 40.2 Å². The molecule has 0 aliphatic carbocycles. The molecule has 0 aliphatic rings. The third kappa shape index (κ3) is 7.67. The first-order valence-electron chi connectivity index (χ1n) is 13.8. The fraction of sp³-hybridized carbons (Fsp3) is 0.156. The Labute approximate surface area is 271 Å². The predicted octanol–water partition coefficient (Wildman–Crippen LogP) is 7.13. The Bertz CT molecular complexity index is 1830. The lowest BCUT2D eigenvalue weighted by atomic mass is 10.2. The van der Waals surface area contributed by atoms with Gasteiger partial charge in [0.05, 0.1) is 21.3 Å². The highest BCUT2D eigenvalue weighted by Crippen LogP contribution is 2.37. The van der Waals surface area contributed by atoms with Crippen LogP contribution < -0.4 is 19.6 Å². The Morgan fingerprint density at radius 2 is 1.82 bits per heavy atom. The second-order valence-electron chi connectivity index (χ2n) is 9.68. The molecule has 5 aromatic rings. The van der Waals surface area contributed by atoms with E-state index in [1.165, 1.54) is 18.3 Å². The molecule has 0 spiro atoms. The van der Waals surface area contributed by atoms with Gasteiger partial charge in [-0.2, -0.15) is 5.10 Å². The summed E-state index contributed by atoms with van der Waals surface area (Å²) in [6.45, 7) is 6.46. The van der Waals surface area contributed by atoms with Crippen molar-refractivity contribution in [3.05, 3.63) is 121 Å². The lowest BCUT2D eigenvalue weighted by Gasteiger charge is -2.13. The lowest BCUT2D eigenvalue weighted by molar-refractivity contribution is -0.385. The predicted molar refractivity (Wildman–Crippen MR) is 175 cm³/mol. The molecule has 0 aliphatic heterocycles. The van der Waals surface area contributed by atoms with Crippen LogP contribution in [-0.2, 0) is 6.61 Å². The Kier molecular flexibility index (Phi) is 9.77. The number of amides is 1. The van der Waals surface area contributed by atoms with Crippen molar-refractivity contribution in [3.63, 3.8) is 0 Å². The van der Waals surface area contributed by atoms with Gasteiger partial charge in [-0.05, 0) is 110 Å². The number of hydrogen-bond donors (Lipinski definition) is 1. The Morgan fingerprint density at radius 1 is 1.07 bits per heavy atom. The molecule has 0 radical (unpaired) electrons. The van der Waals surface area contributed by atoms with Crippen molar-refractivity contribution in [1.29, 1.82) is 0 Å². The third-order valence-corrected chi connectivity index (χ3v) is 7.28. The number of hydrazone groups is 1. The zero-order valence-corrected chi connectivity index (χ0v) is 26.7. The Morgan fingerprint density at radius 3 is 2.49 bits per heavy atom. The fourth-order valence-corrected chi connectivity index (χ4v) is 5.13. The number of aromatic nitrogens is 2. The van der Waals surface area contributed by atoms with E-state index in [1.807, 2.05) is 31.2 Å². The van der Waals surface area contributed by atoms with E-state index in [1.54, 1.807) is 24.3 Å². The maximum atomic E-state index is 12.6. The highest BCUT2D eigenvalue weighted by atomic mass is 127. The normalized spacial score (nSPS) is 11.0. The van der Waals surface area contributed by atoms with Gasteiger partial charge in [-0.1, -0.05) is 0 Å². The molecule has 13 heteroatoms. The number of ether oxygens (including phenoxy) is 3. The van der Waals surface area contributed by atoms with E-state index in [9.17, 15) is 14.9 Å². The molecule has 0 saturated carbocycles. The molecule has 45 heavy (non-hydrogen) atoms. The van der Waals surface area contributed by atoms with Crippen molar-refractivity contribution < 1.29 is 28.3 Å². The number of carbonyl (C=O) groups excluding carboxylic acids is 1. The summed E-state index contributed by atoms with van der Waals surface area (Å²) in [4.78, 5) is 27.0. The van der Waals surface area contributed by atoms with Gasteiger partial charge in [0.2, 0.25) is 5.88 Å². The largest absolute Gasteiger partial charge is 0.490 e. The third-order valence-electron chi connectivity index (χ3n) is 6.48. The molecule has 1 amide bonds. The van der Waals surface area contributed by atoms with Crippen LogP contribution in [-0.4, -0.2) is 33.2 Å². The molecule has 0 saturated heterocycles. The topological polar surface area (TPSA) is 143 Å². The molecular weight excluding hydrogens is 693 g/mol. The zero-order chi connectivity index (χ0) is 31.9.